The van der Waals surface area contributed by atoms with Gasteiger partial charge in [0.15, 0.2) is 23.0 Å². The Balaban J connectivity index is 0.000000463. The molecule has 4 nitrogen and oxygen atoms in total. The predicted octanol–water partition coefficient (Wildman–Crippen LogP) is 15.6. The number of allylic oxidation sites excluding steroid dienone is 4. The summed E-state index contributed by atoms with van der Waals surface area (Å²) in [4.78, 5) is 10.2. The van der Waals surface area contributed by atoms with Crippen molar-refractivity contribution in [1.82, 2.24) is 0 Å². The van der Waals surface area contributed by atoms with Crippen molar-refractivity contribution in [3.8, 4) is 23.0 Å². The molecule has 2 aliphatic heterocycles. The Labute approximate surface area is 330 Å². The van der Waals surface area contributed by atoms with Crippen molar-refractivity contribution in [1.29, 1.82) is 0 Å². The van der Waals surface area contributed by atoms with E-state index in [1.165, 1.54) is 33.0 Å². The van der Waals surface area contributed by atoms with Gasteiger partial charge in [-0.2, -0.15) is 0 Å². The molecule has 6 heteroatoms. The van der Waals surface area contributed by atoms with E-state index < -0.39 is 0 Å². The summed E-state index contributed by atoms with van der Waals surface area (Å²) in [5.74, 6) is 2.83. The van der Waals surface area contributed by atoms with Gasteiger partial charge < -0.3 is 9.47 Å². The molecule has 0 saturated carbocycles. The Bertz CT molecular complexity index is 2360. The molecule has 5 aromatic carbocycles. The lowest BCUT2D eigenvalue weighted by atomic mass is 9.78. The van der Waals surface area contributed by atoms with Crippen LogP contribution in [-0.4, -0.2) is 0 Å². The van der Waals surface area contributed by atoms with Crippen LogP contribution < -0.4 is 20.2 Å². The Morgan fingerprint density at radius 1 is 0.519 bits per heavy atom. The molecule has 4 aliphatic carbocycles. The van der Waals surface area contributed by atoms with Crippen molar-refractivity contribution in [3.63, 3.8) is 0 Å². The second-order valence-electron chi connectivity index (χ2n) is 12.2. The first-order valence-electron chi connectivity index (χ1n) is 19.9. The lowest BCUT2D eigenvalue weighted by molar-refractivity contribution is 0.452. The highest BCUT2D eigenvalue weighted by atomic mass is 35.5. The Morgan fingerprint density at radius 3 is 1.30 bits per heavy atom. The Morgan fingerprint density at radius 2 is 0.907 bits per heavy atom. The Kier molecular flexibility index (Phi) is 11.9. The van der Waals surface area contributed by atoms with Gasteiger partial charge in [-0.25, -0.2) is 9.98 Å². The fourth-order valence-electron chi connectivity index (χ4n) is 8.02. The SMILES string of the molecule is CC.CC.CC.CC.CC.Clc1c2c(c(Cl)c3c1=Nc1c(cc4c5c6c(ccc15)C=CCC6C=C4)O3)=Nc1c(cc3c4c5c(ccc14)C=CCC5C=C3)O2. The normalized spacial score (nSPS) is 16.7. The highest BCUT2D eigenvalue weighted by Gasteiger charge is 2.32. The average molecular weight is 758 g/mol. The van der Waals surface area contributed by atoms with E-state index in [4.69, 9.17) is 42.7 Å². The first-order chi connectivity index (χ1) is 26.6. The fourth-order valence-corrected chi connectivity index (χ4v) is 8.53. The minimum atomic E-state index is 0.336. The van der Waals surface area contributed by atoms with E-state index in [0.29, 0.717) is 55.6 Å². The van der Waals surface area contributed by atoms with Crippen molar-refractivity contribution in [3.05, 3.63) is 115 Å². The zero-order valence-corrected chi connectivity index (χ0v) is 34.6. The highest BCUT2D eigenvalue weighted by Crippen LogP contribution is 2.52. The van der Waals surface area contributed by atoms with E-state index in [1.807, 2.05) is 69.2 Å². The van der Waals surface area contributed by atoms with E-state index in [2.05, 4.69) is 85.0 Å². The van der Waals surface area contributed by atoms with Gasteiger partial charge in [0, 0.05) is 22.6 Å². The van der Waals surface area contributed by atoms with Crippen molar-refractivity contribution >= 4 is 80.4 Å². The van der Waals surface area contributed by atoms with E-state index in [-0.39, 0.29) is 0 Å². The van der Waals surface area contributed by atoms with Crippen LogP contribution in [0.4, 0.5) is 11.4 Å². The Hall–Kier alpha value is -4.64. The summed E-state index contributed by atoms with van der Waals surface area (Å²) in [5.41, 5.74) is 8.98. The van der Waals surface area contributed by atoms with E-state index in [1.54, 1.807) is 0 Å². The van der Waals surface area contributed by atoms with Crippen LogP contribution in [0.15, 0.2) is 70.7 Å². The molecule has 2 heterocycles. The van der Waals surface area contributed by atoms with Crippen LogP contribution in [0.2, 0.25) is 10.0 Å². The molecule has 278 valence electrons. The molecule has 0 N–H and O–H groups in total. The molecule has 0 spiro atoms. The maximum Gasteiger partial charge on any atom is 0.175 e. The van der Waals surface area contributed by atoms with Crippen molar-refractivity contribution in [2.24, 2.45) is 9.98 Å². The molecular weight excluding hydrogens is 707 g/mol. The second-order valence-corrected chi connectivity index (χ2v) is 13.0. The lowest BCUT2D eigenvalue weighted by Gasteiger charge is -2.28. The minimum absolute atomic E-state index is 0.336. The minimum Gasteiger partial charge on any atom is -0.451 e. The van der Waals surface area contributed by atoms with Gasteiger partial charge in [-0.3, -0.25) is 0 Å². The molecule has 2 unspecified atom stereocenters. The lowest BCUT2D eigenvalue weighted by Crippen LogP contribution is -2.22. The van der Waals surface area contributed by atoms with E-state index >= 15 is 0 Å². The van der Waals surface area contributed by atoms with Crippen LogP contribution in [0.25, 0.3) is 45.8 Å². The number of hydrogen-bond donors (Lipinski definition) is 0. The van der Waals surface area contributed by atoms with Crippen molar-refractivity contribution < 1.29 is 9.47 Å². The number of rotatable bonds is 0. The molecule has 0 fully saturated rings. The third-order valence-corrected chi connectivity index (χ3v) is 10.6. The van der Waals surface area contributed by atoms with Gasteiger partial charge in [0.25, 0.3) is 0 Å². The summed E-state index contributed by atoms with van der Waals surface area (Å²) >= 11 is 14.2. The zero-order chi connectivity index (χ0) is 38.8. The van der Waals surface area contributed by atoms with Gasteiger partial charge in [-0.1, -0.05) is 165 Å². The molecule has 0 bridgehead atoms. The van der Waals surface area contributed by atoms with Crippen molar-refractivity contribution in [2.75, 3.05) is 0 Å². The van der Waals surface area contributed by atoms with Gasteiger partial charge in [0.05, 0.1) is 0 Å². The summed E-state index contributed by atoms with van der Waals surface area (Å²) in [6.07, 6.45) is 19.9. The van der Waals surface area contributed by atoms with Gasteiger partial charge in [0.2, 0.25) is 0 Å². The number of halogens is 2. The number of hydrogen-bond acceptors (Lipinski definition) is 4. The quantitative estimate of drug-likeness (QED) is 0.155. The van der Waals surface area contributed by atoms with Crippen LogP contribution in [0.5, 0.6) is 23.0 Å². The van der Waals surface area contributed by atoms with Crippen LogP contribution in [0.1, 0.15) is 127 Å². The largest absolute Gasteiger partial charge is 0.451 e. The zero-order valence-electron chi connectivity index (χ0n) is 33.1. The summed E-state index contributed by atoms with van der Waals surface area (Å²) in [6, 6.07) is 12.8. The van der Waals surface area contributed by atoms with Crippen LogP contribution >= 0.6 is 23.2 Å². The summed E-state index contributed by atoms with van der Waals surface area (Å²) in [5, 5.41) is 6.13. The standard InChI is InChI=1S/C38H20Cl2N2O2.5C2H6/c39-31-35-37(43-25-15-21-9-7-17-3-1-5-19-11-13-23(33(25)41-35)29(21)27(17)19)32(40)36-38(31)44-26-16-22-10-8-18-4-2-6-20-12-14-24(34(26)42-36)30(22)28(18)20;5*1-2/h1-2,5-18H,3-4H2;5*1-2H3. The molecule has 0 amide bonds. The van der Waals surface area contributed by atoms with Gasteiger partial charge in [-0.05, 0) is 69.1 Å². The van der Waals surface area contributed by atoms with Gasteiger partial charge in [-0.15, -0.1) is 0 Å². The molecule has 0 saturated heterocycles. The summed E-state index contributed by atoms with van der Waals surface area (Å²) in [7, 11) is 0. The fraction of sp³-hybridized carbons (Fsp3) is 0.292. The first-order valence-corrected chi connectivity index (χ1v) is 20.7. The highest BCUT2D eigenvalue weighted by molar-refractivity contribution is 6.35. The molecular formula is C48H50Cl2N2O2. The number of benzene rings is 5. The predicted molar refractivity (Wildman–Crippen MR) is 234 cm³/mol. The van der Waals surface area contributed by atoms with Gasteiger partial charge >= 0.3 is 0 Å². The number of ether oxygens (including phenoxy) is 2. The van der Waals surface area contributed by atoms with Crippen LogP contribution in [0, 0.1) is 0 Å². The number of nitrogens with zero attached hydrogens (tertiary/aromatic N) is 2. The molecule has 5 aromatic rings. The average Bonchev–Trinajstić information content (AvgIpc) is 3.26. The third kappa shape index (κ3) is 5.90. The van der Waals surface area contributed by atoms with Crippen molar-refractivity contribution in [2.45, 2.75) is 93.9 Å². The monoisotopic (exact) mass is 756 g/mol. The first kappa shape index (κ1) is 39.1. The molecule has 54 heavy (non-hydrogen) atoms. The second kappa shape index (κ2) is 16.4. The molecule has 2 atom stereocenters. The third-order valence-electron chi connectivity index (χ3n) is 9.93. The van der Waals surface area contributed by atoms with Crippen LogP contribution in [0.3, 0.4) is 0 Å². The molecule has 0 aromatic heterocycles. The molecule has 0 radical (unpaired) electrons. The van der Waals surface area contributed by atoms with Gasteiger partial charge in [0.1, 0.15) is 32.1 Å². The summed E-state index contributed by atoms with van der Waals surface area (Å²) < 4.78 is 13.1. The molecule has 6 aliphatic rings. The van der Waals surface area contributed by atoms with Crippen LogP contribution in [-0.2, 0) is 0 Å². The number of fused-ring (bicyclic) bond motifs is 6. The summed E-state index contributed by atoms with van der Waals surface area (Å²) in [6.45, 7) is 20.0. The van der Waals surface area contributed by atoms with E-state index in [0.717, 1.165) is 46.1 Å². The van der Waals surface area contributed by atoms with E-state index in [9.17, 15) is 0 Å². The smallest absolute Gasteiger partial charge is 0.175 e. The topological polar surface area (TPSA) is 43.2 Å². The maximum absolute atomic E-state index is 7.12. The maximum atomic E-state index is 7.12. The molecule has 11 rings (SSSR count).